The van der Waals surface area contributed by atoms with Gasteiger partial charge in [-0.2, -0.15) is 13.5 Å². The highest BCUT2D eigenvalue weighted by atomic mass is 35.5. The van der Waals surface area contributed by atoms with Gasteiger partial charge in [0.15, 0.2) is 5.75 Å². The van der Waals surface area contributed by atoms with Gasteiger partial charge in [-0.15, -0.1) is 5.11 Å². The van der Waals surface area contributed by atoms with Crippen LogP contribution in [-0.4, -0.2) is 30.6 Å². The Balaban J connectivity index is 1.78. The minimum atomic E-state index is -4.62. The van der Waals surface area contributed by atoms with Crippen LogP contribution < -0.4 is 10.1 Å². The molecule has 0 aliphatic rings. The number of ether oxygens (including phenoxy) is 1. The van der Waals surface area contributed by atoms with Crippen molar-refractivity contribution >= 4 is 67.1 Å². The quantitative estimate of drug-likeness (QED) is 0.155. The van der Waals surface area contributed by atoms with Crippen LogP contribution in [0.2, 0.25) is 10.0 Å². The van der Waals surface area contributed by atoms with Crippen molar-refractivity contribution in [1.82, 2.24) is 0 Å². The molecule has 38 heavy (non-hydrogen) atoms. The van der Waals surface area contributed by atoms with E-state index in [1.807, 2.05) is 6.92 Å². The maximum Gasteiger partial charge on any atom is 0.296 e. The maximum atomic E-state index is 13.2. The summed E-state index contributed by atoms with van der Waals surface area (Å²) in [5.74, 6) is -0.613. The Morgan fingerprint density at radius 2 is 1.79 bits per heavy atom. The number of aryl methyl sites for hydroxylation is 1. The van der Waals surface area contributed by atoms with Gasteiger partial charge in [0.25, 0.3) is 16.0 Å². The van der Waals surface area contributed by atoms with Crippen LogP contribution in [0.5, 0.6) is 11.5 Å². The fraction of sp³-hybridized carbons (Fsp3) is 0.115. The minimum Gasteiger partial charge on any atom is -0.505 e. The van der Waals surface area contributed by atoms with E-state index in [2.05, 4.69) is 15.5 Å². The summed E-state index contributed by atoms with van der Waals surface area (Å²) in [6.07, 6.45) is 0. The lowest BCUT2D eigenvalue weighted by Crippen LogP contribution is -2.12. The van der Waals surface area contributed by atoms with Crippen molar-refractivity contribution in [3.05, 3.63) is 81.8 Å². The number of carbonyl (C=O) groups excluding carboxylic acids is 1. The molecule has 0 bridgehead atoms. The number of carbonyl (C=O) groups is 1. The number of hydrogen-bond acceptors (Lipinski definition) is 7. The van der Waals surface area contributed by atoms with E-state index in [1.165, 1.54) is 18.2 Å². The third kappa shape index (κ3) is 5.89. The Hall–Kier alpha value is -3.70. The maximum absolute atomic E-state index is 13.2. The van der Waals surface area contributed by atoms with Gasteiger partial charge in [-0.1, -0.05) is 47.5 Å². The predicted molar refractivity (Wildman–Crippen MR) is 146 cm³/mol. The molecule has 0 saturated heterocycles. The highest BCUT2D eigenvalue weighted by Crippen LogP contribution is 2.40. The van der Waals surface area contributed by atoms with E-state index >= 15 is 0 Å². The second-order valence-electron chi connectivity index (χ2n) is 8.16. The number of rotatable bonds is 7. The first kappa shape index (κ1) is 27.3. The number of fused-ring (bicyclic) bond motifs is 1. The molecule has 196 valence electrons. The summed E-state index contributed by atoms with van der Waals surface area (Å²) in [6.45, 7) is 3.77. The largest absolute Gasteiger partial charge is 0.505 e. The molecule has 0 spiro atoms. The third-order valence-electron chi connectivity index (χ3n) is 5.43. The molecule has 0 aromatic heterocycles. The van der Waals surface area contributed by atoms with Gasteiger partial charge in [0.2, 0.25) is 0 Å². The van der Waals surface area contributed by atoms with Crippen LogP contribution in [0.1, 0.15) is 22.8 Å². The lowest BCUT2D eigenvalue weighted by Gasteiger charge is -2.12. The molecule has 0 atom stereocenters. The Morgan fingerprint density at radius 1 is 1.05 bits per heavy atom. The molecule has 3 N–H and O–H groups in total. The minimum absolute atomic E-state index is 0.0182. The Kier molecular flexibility index (Phi) is 7.89. The standard InChI is InChI=1S/C26H21Cl2N3O6S/c1-3-37-19-11-16(27)10-17(12-19)29-26(33)21-9-15-6-4-5-7-20(15)24(25(21)32)31-30-18-8-14(2)23(28)22(13-18)38(34,35)36/h4-13,32H,3H2,1-2H3,(H,29,33)(H,34,35,36). The second-order valence-corrected chi connectivity index (χ2v) is 10.4. The lowest BCUT2D eigenvalue weighted by atomic mass is 10.0. The van der Waals surface area contributed by atoms with Gasteiger partial charge >= 0.3 is 0 Å². The number of nitrogens with one attached hydrogen (secondary N) is 1. The Labute approximate surface area is 228 Å². The van der Waals surface area contributed by atoms with E-state index in [0.717, 1.165) is 6.07 Å². The van der Waals surface area contributed by atoms with E-state index in [-0.39, 0.29) is 22.0 Å². The zero-order valence-electron chi connectivity index (χ0n) is 20.1. The summed E-state index contributed by atoms with van der Waals surface area (Å²) in [5, 5.41) is 23.2. The number of nitrogens with zero attached hydrogens (tertiary/aromatic N) is 2. The molecule has 12 heteroatoms. The van der Waals surface area contributed by atoms with E-state index in [0.29, 0.717) is 39.4 Å². The van der Waals surface area contributed by atoms with Crippen LogP contribution in [0, 0.1) is 6.92 Å². The number of amides is 1. The molecule has 1 amide bonds. The number of hydrogen-bond donors (Lipinski definition) is 3. The first-order valence-corrected chi connectivity index (χ1v) is 13.4. The molecule has 4 aromatic carbocycles. The highest BCUT2D eigenvalue weighted by Gasteiger charge is 2.20. The van der Waals surface area contributed by atoms with Gasteiger partial charge in [-0.25, -0.2) is 0 Å². The fourth-order valence-electron chi connectivity index (χ4n) is 3.75. The Bertz CT molecular complexity index is 1710. The molecule has 9 nitrogen and oxygen atoms in total. The molecule has 4 aromatic rings. The van der Waals surface area contributed by atoms with Crippen molar-refractivity contribution in [2.45, 2.75) is 18.7 Å². The van der Waals surface area contributed by atoms with Crippen molar-refractivity contribution in [3.8, 4) is 11.5 Å². The number of phenolic OH excluding ortho intramolecular Hbond substituents is 1. The zero-order chi connectivity index (χ0) is 27.6. The van der Waals surface area contributed by atoms with E-state index < -0.39 is 26.7 Å². The molecule has 0 aliphatic carbocycles. The van der Waals surface area contributed by atoms with Crippen molar-refractivity contribution in [1.29, 1.82) is 0 Å². The fourth-order valence-corrected chi connectivity index (χ4v) is 5.03. The van der Waals surface area contributed by atoms with Gasteiger partial charge in [0.1, 0.15) is 16.3 Å². The average molecular weight is 574 g/mol. The molecule has 0 heterocycles. The molecule has 4 rings (SSSR count). The van der Waals surface area contributed by atoms with Crippen molar-refractivity contribution in [3.63, 3.8) is 0 Å². The van der Waals surface area contributed by atoms with E-state index in [9.17, 15) is 22.9 Å². The topological polar surface area (TPSA) is 138 Å². The zero-order valence-corrected chi connectivity index (χ0v) is 22.4. The lowest BCUT2D eigenvalue weighted by molar-refractivity contribution is 0.102. The first-order chi connectivity index (χ1) is 18.0. The average Bonchev–Trinajstić information content (AvgIpc) is 2.84. The van der Waals surface area contributed by atoms with Crippen LogP contribution >= 0.6 is 23.2 Å². The van der Waals surface area contributed by atoms with Crippen molar-refractivity contribution in [2.24, 2.45) is 10.2 Å². The summed E-state index contributed by atoms with van der Waals surface area (Å²) in [5.41, 5.74) is 0.652. The van der Waals surface area contributed by atoms with Gasteiger partial charge in [-0.05, 0) is 55.1 Å². The summed E-state index contributed by atoms with van der Waals surface area (Å²) >= 11 is 12.2. The predicted octanol–water partition coefficient (Wildman–Crippen LogP) is 7.47. The molecular formula is C26H21Cl2N3O6S. The van der Waals surface area contributed by atoms with Gasteiger partial charge in [0, 0.05) is 22.2 Å². The number of benzene rings is 4. The smallest absolute Gasteiger partial charge is 0.296 e. The van der Waals surface area contributed by atoms with Crippen LogP contribution in [0.15, 0.2) is 75.8 Å². The van der Waals surface area contributed by atoms with Gasteiger partial charge in [-0.3, -0.25) is 9.35 Å². The molecule has 0 aliphatic heterocycles. The van der Waals surface area contributed by atoms with E-state index in [1.54, 1.807) is 43.3 Å². The third-order valence-corrected chi connectivity index (χ3v) is 7.14. The van der Waals surface area contributed by atoms with E-state index in [4.69, 9.17) is 27.9 Å². The normalized spacial score (nSPS) is 11.7. The van der Waals surface area contributed by atoms with Crippen molar-refractivity contribution in [2.75, 3.05) is 11.9 Å². The van der Waals surface area contributed by atoms with Gasteiger partial charge in [0.05, 0.1) is 22.9 Å². The van der Waals surface area contributed by atoms with Crippen molar-refractivity contribution < 1.29 is 27.6 Å². The molecule has 0 radical (unpaired) electrons. The first-order valence-electron chi connectivity index (χ1n) is 11.2. The number of phenols is 1. The number of aromatic hydroxyl groups is 1. The van der Waals surface area contributed by atoms with Crippen LogP contribution in [0.4, 0.5) is 17.1 Å². The van der Waals surface area contributed by atoms with Crippen LogP contribution in [0.3, 0.4) is 0 Å². The monoisotopic (exact) mass is 573 g/mol. The SMILES string of the molecule is CCOc1cc(Cl)cc(NC(=O)c2cc3ccccc3c(N=Nc3cc(C)c(Cl)c(S(=O)(=O)O)c3)c2O)c1. The second kappa shape index (κ2) is 11.0. The van der Waals surface area contributed by atoms with Crippen LogP contribution in [0.25, 0.3) is 10.8 Å². The summed E-state index contributed by atoms with van der Waals surface area (Å²) in [4.78, 5) is 12.7. The number of azo groups is 1. The number of anilines is 1. The molecular weight excluding hydrogens is 553 g/mol. The summed E-state index contributed by atoms with van der Waals surface area (Å²) < 4.78 is 38.4. The number of halogens is 2. The molecule has 0 fully saturated rings. The molecule has 0 unspecified atom stereocenters. The summed E-state index contributed by atoms with van der Waals surface area (Å²) in [7, 11) is -4.62. The molecule has 0 saturated carbocycles. The van der Waals surface area contributed by atoms with Crippen LogP contribution in [-0.2, 0) is 10.1 Å². The van der Waals surface area contributed by atoms with Gasteiger partial charge < -0.3 is 15.2 Å². The summed E-state index contributed by atoms with van der Waals surface area (Å²) in [6, 6.07) is 15.7. The Morgan fingerprint density at radius 3 is 2.50 bits per heavy atom. The highest BCUT2D eigenvalue weighted by molar-refractivity contribution is 7.86.